The van der Waals surface area contributed by atoms with Crippen LogP contribution in [0.25, 0.3) is 0 Å². The van der Waals surface area contributed by atoms with Crippen LogP contribution in [0.15, 0.2) is 26.0 Å². The third-order valence-electron chi connectivity index (χ3n) is 2.47. The fourth-order valence-corrected chi connectivity index (χ4v) is 4.25. The van der Waals surface area contributed by atoms with Crippen LogP contribution in [0.4, 0.5) is 0 Å². The molecule has 6 heteroatoms. The lowest BCUT2D eigenvalue weighted by Crippen LogP contribution is -2.32. The number of hydrogen-bond acceptors (Lipinski definition) is 2. The number of hydrogen-bond donors (Lipinski definition) is 1. The van der Waals surface area contributed by atoms with Crippen LogP contribution in [0.3, 0.4) is 0 Å². The largest absolute Gasteiger partial charge is 0.241 e. The summed E-state index contributed by atoms with van der Waals surface area (Å²) in [5.74, 6) is 0. The zero-order valence-corrected chi connectivity index (χ0v) is 13.9. The molecule has 0 amide bonds. The predicted molar refractivity (Wildman–Crippen MR) is 76.7 cm³/mol. The van der Waals surface area contributed by atoms with Crippen molar-refractivity contribution in [3.63, 3.8) is 0 Å². The molecule has 0 aliphatic carbocycles. The van der Waals surface area contributed by atoms with Crippen molar-refractivity contribution >= 4 is 41.9 Å². The van der Waals surface area contributed by atoms with Gasteiger partial charge in [-0.2, -0.15) is 0 Å². The SMILES string of the molecule is CCC(C)NS(=O)(=O)c1cc(Br)c(C)cc1Br. The van der Waals surface area contributed by atoms with Crippen LogP contribution in [0.5, 0.6) is 0 Å². The molecule has 1 N–H and O–H groups in total. The van der Waals surface area contributed by atoms with E-state index in [2.05, 4.69) is 36.6 Å². The maximum absolute atomic E-state index is 12.1. The minimum absolute atomic E-state index is 0.0769. The topological polar surface area (TPSA) is 46.2 Å². The van der Waals surface area contributed by atoms with E-state index in [4.69, 9.17) is 0 Å². The van der Waals surface area contributed by atoms with E-state index >= 15 is 0 Å². The Morgan fingerprint density at radius 3 is 2.41 bits per heavy atom. The number of halogens is 2. The highest BCUT2D eigenvalue weighted by Gasteiger charge is 2.20. The normalized spacial score (nSPS) is 13.7. The molecule has 0 spiro atoms. The fraction of sp³-hybridized carbons (Fsp3) is 0.455. The second-order valence-corrected chi connectivity index (χ2v) is 7.35. The number of benzene rings is 1. The van der Waals surface area contributed by atoms with E-state index in [0.29, 0.717) is 4.47 Å². The average Bonchev–Trinajstić information content (AvgIpc) is 2.22. The Kier molecular flexibility index (Phi) is 5.19. The van der Waals surface area contributed by atoms with Crippen molar-refractivity contribution in [2.45, 2.75) is 38.1 Å². The molecule has 0 radical (unpaired) electrons. The first kappa shape index (κ1) is 15.1. The van der Waals surface area contributed by atoms with Crippen molar-refractivity contribution in [2.24, 2.45) is 0 Å². The van der Waals surface area contributed by atoms with Gasteiger partial charge in [-0.3, -0.25) is 0 Å². The number of aryl methyl sites for hydroxylation is 1. The molecule has 0 heterocycles. The van der Waals surface area contributed by atoms with Crippen molar-refractivity contribution in [1.29, 1.82) is 0 Å². The Labute approximate surface area is 119 Å². The average molecular weight is 385 g/mol. The van der Waals surface area contributed by atoms with Crippen molar-refractivity contribution < 1.29 is 8.42 Å². The molecule has 1 atom stereocenters. The van der Waals surface area contributed by atoms with Crippen LogP contribution >= 0.6 is 31.9 Å². The maximum Gasteiger partial charge on any atom is 0.241 e. The van der Waals surface area contributed by atoms with Gasteiger partial charge in [0.15, 0.2) is 0 Å². The molecule has 0 aliphatic heterocycles. The van der Waals surface area contributed by atoms with Crippen molar-refractivity contribution in [3.8, 4) is 0 Å². The van der Waals surface area contributed by atoms with Gasteiger partial charge in [0.1, 0.15) is 0 Å². The molecule has 1 aromatic rings. The number of rotatable bonds is 4. The summed E-state index contributed by atoms with van der Waals surface area (Å²) in [5.41, 5.74) is 0.986. The van der Waals surface area contributed by atoms with E-state index in [1.54, 1.807) is 12.1 Å². The molecular formula is C11H15Br2NO2S. The van der Waals surface area contributed by atoms with E-state index in [1.165, 1.54) is 0 Å². The third-order valence-corrected chi connectivity index (χ3v) is 5.87. The van der Waals surface area contributed by atoms with Crippen molar-refractivity contribution in [1.82, 2.24) is 4.72 Å². The van der Waals surface area contributed by atoms with Gasteiger partial charge in [-0.15, -0.1) is 0 Å². The lowest BCUT2D eigenvalue weighted by Gasteiger charge is -2.14. The molecule has 96 valence electrons. The van der Waals surface area contributed by atoms with Crippen LogP contribution < -0.4 is 4.72 Å². The quantitative estimate of drug-likeness (QED) is 0.861. The fourth-order valence-electron chi connectivity index (χ4n) is 1.25. The van der Waals surface area contributed by atoms with E-state index in [0.717, 1.165) is 16.5 Å². The summed E-state index contributed by atoms with van der Waals surface area (Å²) in [4.78, 5) is 0.260. The standard InChI is InChI=1S/C11H15Br2NO2S/c1-4-8(3)14-17(15,16)11-6-9(12)7(2)5-10(11)13/h5-6,8,14H,4H2,1-3H3. The molecule has 1 unspecified atom stereocenters. The van der Waals surface area contributed by atoms with Gasteiger partial charge >= 0.3 is 0 Å². The Morgan fingerprint density at radius 2 is 1.88 bits per heavy atom. The summed E-state index contributed by atoms with van der Waals surface area (Å²) in [5, 5.41) is 0. The first-order valence-corrected chi connectivity index (χ1v) is 8.32. The van der Waals surface area contributed by atoms with Gasteiger partial charge in [-0.25, -0.2) is 13.1 Å². The molecule has 0 aliphatic rings. The van der Waals surface area contributed by atoms with Crippen LogP contribution in [0.2, 0.25) is 0 Å². The minimum Gasteiger partial charge on any atom is -0.208 e. The van der Waals surface area contributed by atoms with Crippen LogP contribution in [-0.4, -0.2) is 14.5 Å². The number of sulfonamides is 1. The predicted octanol–water partition coefficient (Wildman–Crippen LogP) is 3.60. The van der Waals surface area contributed by atoms with Crippen molar-refractivity contribution in [3.05, 3.63) is 26.6 Å². The molecule has 0 bridgehead atoms. The van der Waals surface area contributed by atoms with E-state index in [-0.39, 0.29) is 10.9 Å². The molecule has 3 nitrogen and oxygen atoms in total. The highest BCUT2D eigenvalue weighted by Crippen LogP contribution is 2.28. The molecule has 0 aromatic heterocycles. The van der Waals surface area contributed by atoms with Crippen LogP contribution in [0, 0.1) is 6.92 Å². The van der Waals surface area contributed by atoms with E-state index < -0.39 is 10.0 Å². The highest BCUT2D eigenvalue weighted by atomic mass is 79.9. The van der Waals surface area contributed by atoms with Gasteiger partial charge in [-0.1, -0.05) is 22.9 Å². The maximum atomic E-state index is 12.1. The summed E-state index contributed by atoms with van der Waals surface area (Å²) in [7, 11) is -3.47. The van der Waals surface area contributed by atoms with Crippen LogP contribution in [-0.2, 0) is 10.0 Å². The molecule has 0 saturated carbocycles. The second-order valence-electron chi connectivity index (χ2n) is 3.96. The molecular weight excluding hydrogens is 370 g/mol. The Balaban J connectivity index is 3.20. The zero-order valence-electron chi connectivity index (χ0n) is 9.92. The first-order valence-electron chi connectivity index (χ1n) is 5.26. The molecule has 0 saturated heterocycles. The third kappa shape index (κ3) is 3.77. The summed E-state index contributed by atoms with van der Waals surface area (Å²) in [6.45, 7) is 5.69. The molecule has 1 aromatic carbocycles. The van der Waals surface area contributed by atoms with E-state index in [9.17, 15) is 8.42 Å². The lowest BCUT2D eigenvalue weighted by atomic mass is 10.2. The van der Waals surface area contributed by atoms with Crippen LogP contribution in [0.1, 0.15) is 25.8 Å². The summed E-state index contributed by atoms with van der Waals surface area (Å²) in [6.07, 6.45) is 0.754. The van der Waals surface area contributed by atoms with Gasteiger partial charge in [0.05, 0.1) is 4.90 Å². The Hall–Kier alpha value is 0.0900. The monoisotopic (exact) mass is 383 g/mol. The van der Waals surface area contributed by atoms with Gasteiger partial charge in [-0.05, 0) is 53.9 Å². The smallest absolute Gasteiger partial charge is 0.208 e. The number of nitrogens with one attached hydrogen (secondary N) is 1. The van der Waals surface area contributed by atoms with Gasteiger partial charge < -0.3 is 0 Å². The van der Waals surface area contributed by atoms with E-state index in [1.807, 2.05) is 20.8 Å². The zero-order chi connectivity index (χ0) is 13.2. The Morgan fingerprint density at radius 1 is 1.29 bits per heavy atom. The van der Waals surface area contributed by atoms with Gasteiger partial charge in [0, 0.05) is 15.0 Å². The summed E-state index contributed by atoms with van der Waals surface area (Å²) in [6, 6.07) is 3.33. The molecule has 17 heavy (non-hydrogen) atoms. The molecule has 1 rings (SSSR count). The van der Waals surface area contributed by atoms with Gasteiger partial charge in [0.2, 0.25) is 10.0 Å². The van der Waals surface area contributed by atoms with Gasteiger partial charge in [0.25, 0.3) is 0 Å². The summed E-state index contributed by atoms with van der Waals surface area (Å²) < 4.78 is 28.2. The molecule has 0 fully saturated rings. The summed E-state index contributed by atoms with van der Waals surface area (Å²) >= 11 is 6.63. The lowest BCUT2D eigenvalue weighted by molar-refractivity contribution is 0.555. The second kappa shape index (κ2) is 5.82. The first-order chi connectivity index (χ1) is 7.77. The van der Waals surface area contributed by atoms with Crippen molar-refractivity contribution in [2.75, 3.05) is 0 Å². The minimum atomic E-state index is -3.47. The Bertz CT molecular complexity index is 514. The highest BCUT2D eigenvalue weighted by molar-refractivity contribution is 9.11.